The number of cyclic esters (lactones) is 1. The van der Waals surface area contributed by atoms with Crippen molar-refractivity contribution >= 4 is 51.8 Å². The zero-order valence-electron chi connectivity index (χ0n) is 17.8. The quantitative estimate of drug-likeness (QED) is 0.323. The molecule has 10 nitrogen and oxygen atoms in total. The van der Waals surface area contributed by atoms with Gasteiger partial charge in [0.1, 0.15) is 34.7 Å². The lowest BCUT2D eigenvalue weighted by Gasteiger charge is -2.23. The van der Waals surface area contributed by atoms with E-state index in [-0.39, 0.29) is 43.0 Å². The number of amidine groups is 1. The third kappa shape index (κ3) is 6.63. The summed E-state index contributed by atoms with van der Waals surface area (Å²) in [7, 11) is 0. The van der Waals surface area contributed by atoms with Gasteiger partial charge < -0.3 is 20.7 Å². The Bertz CT molecular complexity index is 960. The highest BCUT2D eigenvalue weighted by atomic mass is 32.2. The Balaban J connectivity index is 1.71. The molecule has 2 aliphatic rings. The summed E-state index contributed by atoms with van der Waals surface area (Å²) >= 11 is 2.57. The van der Waals surface area contributed by atoms with Crippen LogP contribution in [0, 0.1) is 0 Å². The lowest BCUT2D eigenvalue weighted by molar-refractivity contribution is -0.148. The molecule has 2 atom stereocenters. The van der Waals surface area contributed by atoms with Gasteiger partial charge in [-0.2, -0.15) is 0 Å². The van der Waals surface area contributed by atoms with Crippen LogP contribution in [0.3, 0.4) is 0 Å². The van der Waals surface area contributed by atoms with Gasteiger partial charge >= 0.3 is 5.97 Å². The topological polar surface area (TPSA) is 139 Å². The standard InChI is InChI=1S/C20H25N5O5S2/c1-12(26)31-6-4-3-5-13-7-15(27)21-8-16-24-14(10-32-16)18-23-11-20(2,25-18)19(29)22-9-17(28)30-13/h3,5,10,13H,4,6-9,11H2,1-2H3,(H,21,27)(H,22,29)(H,23,25)/b5-3+. The van der Waals surface area contributed by atoms with Crippen LogP contribution in [0.25, 0.3) is 0 Å². The molecule has 12 heteroatoms. The molecule has 0 aromatic carbocycles. The van der Waals surface area contributed by atoms with E-state index in [9.17, 15) is 19.2 Å². The molecule has 0 fully saturated rings. The maximum Gasteiger partial charge on any atom is 0.326 e. The number of thiazole rings is 1. The zero-order chi connectivity index (χ0) is 23.1. The minimum absolute atomic E-state index is 0.0259. The second kappa shape index (κ2) is 10.7. The maximum absolute atomic E-state index is 12.6. The number of amides is 2. The molecule has 3 rings (SSSR count). The Labute approximate surface area is 193 Å². The number of nitrogens with one attached hydrogen (secondary N) is 3. The number of aliphatic imine (C=N–C) groups is 1. The van der Waals surface area contributed by atoms with Crippen LogP contribution in [0.15, 0.2) is 22.5 Å². The molecule has 4 bridgehead atoms. The van der Waals surface area contributed by atoms with Gasteiger partial charge in [-0.3, -0.25) is 24.2 Å². The number of ether oxygens (including phenoxy) is 1. The Hall–Kier alpha value is -2.73. The number of rotatable bonds is 4. The highest BCUT2D eigenvalue weighted by Gasteiger charge is 2.39. The van der Waals surface area contributed by atoms with Crippen LogP contribution < -0.4 is 16.0 Å². The molecule has 0 radical (unpaired) electrons. The van der Waals surface area contributed by atoms with Gasteiger partial charge in [-0.15, -0.1) is 11.3 Å². The molecule has 3 heterocycles. The number of thioether (sulfide) groups is 1. The van der Waals surface area contributed by atoms with Gasteiger partial charge in [0.2, 0.25) is 11.8 Å². The fourth-order valence-corrected chi connectivity index (χ4v) is 4.27. The second-order valence-electron chi connectivity index (χ2n) is 7.50. The molecule has 32 heavy (non-hydrogen) atoms. The summed E-state index contributed by atoms with van der Waals surface area (Å²) < 4.78 is 5.40. The number of nitrogens with zero attached hydrogens (tertiary/aromatic N) is 2. The Morgan fingerprint density at radius 3 is 2.94 bits per heavy atom. The smallest absolute Gasteiger partial charge is 0.326 e. The van der Waals surface area contributed by atoms with Crippen LogP contribution in [0.5, 0.6) is 0 Å². The molecular weight excluding hydrogens is 454 g/mol. The molecule has 3 N–H and O–H groups in total. The summed E-state index contributed by atoms with van der Waals surface area (Å²) in [5, 5.41) is 11.0. The van der Waals surface area contributed by atoms with Crippen molar-refractivity contribution in [3.8, 4) is 0 Å². The molecule has 2 aliphatic heterocycles. The number of carbonyl (C=O) groups is 4. The number of carbonyl (C=O) groups excluding carboxylic acids is 4. The number of allylic oxidation sites excluding steroid dienone is 1. The summed E-state index contributed by atoms with van der Waals surface area (Å²) in [6.07, 6.45) is 3.13. The maximum atomic E-state index is 12.6. The van der Waals surface area contributed by atoms with Crippen LogP contribution in [-0.4, -0.2) is 64.2 Å². The molecule has 2 amide bonds. The predicted octanol–water partition coefficient (Wildman–Crippen LogP) is 0.526. The molecule has 1 aromatic heterocycles. The van der Waals surface area contributed by atoms with Crippen LogP contribution in [0.4, 0.5) is 0 Å². The monoisotopic (exact) mass is 479 g/mol. The second-order valence-corrected chi connectivity index (χ2v) is 9.71. The van der Waals surface area contributed by atoms with Crippen LogP contribution in [-0.2, 0) is 30.5 Å². The summed E-state index contributed by atoms with van der Waals surface area (Å²) in [4.78, 5) is 57.2. The third-order valence-electron chi connectivity index (χ3n) is 4.68. The molecular formula is C20H25N5O5S2. The number of hydrogen-bond acceptors (Lipinski definition) is 10. The van der Waals surface area contributed by atoms with Crippen molar-refractivity contribution in [1.29, 1.82) is 0 Å². The van der Waals surface area contributed by atoms with E-state index in [0.717, 1.165) is 0 Å². The van der Waals surface area contributed by atoms with E-state index in [0.29, 0.717) is 28.7 Å². The third-order valence-corrected chi connectivity index (χ3v) is 6.38. The minimum atomic E-state index is -1.00. The van der Waals surface area contributed by atoms with Crippen LogP contribution in [0.1, 0.15) is 37.4 Å². The molecule has 0 spiro atoms. The average molecular weight is 480 g/mol. The summed E-state index contributed by atoms with van der Waals surface area (Å²) in [6, 6.07) is 0. The van der Waals surface area contributed by atoms with Gasteiger partial charge in [-0.1, -0.05) is 17.8 Å². The van der Waals surface area contributed by atoms with Crippen molar-refractivity contribution in [2.45, 2.75) is 44.9 Å². The van der Waals surface area contributed by atoms with Gasteiger partial charge in [0, 0.05) is 18.1 Å². The number of fused-ring (bicyclic) bond motifs is 5. The minimum Gasteiger partial charge on any atom is -0.456 e. The van der Waals surface area contributed by atoms with E-state index in [1.54, 1.807) is 19.1 Å². The van der Waals surface area contributed by atoms with Gasteiger partial charge in [-0.25, -0.2) is 4.98 Å². The van der Waals surface area contributed by atoms with Crippen molar-refractivity contribution < 1.29 is 23.9 Å². The Morgan fingerprint density at radius 1 is 1.34 bits per heavy atom. The lowest BCUT2D eigenvalue weighted by atomic mass is 10.0. The van der Waals surface area contributed by atoms with Crippen molar-refractivity contribution in [3.05, 3.63) is 28.2 Å². The van der Waals surface area contributed by atoms with Crippen LogP contribution in [0.2, 0.25) is 0 Å². The summed E-state index contributed by atoms with van der Waals surface area (Å²) in [5.74, 6) is -0.253. The fourth-order valence-electron chi connectivity index (χ4n) is 3.01. The molecule has 0 aliphatic carbocycles. The summed E-state index contributed by atoms with van der Waals surface area (Å²) in [6.45, 7) is 3.30. The molecule has 0 saturated carbocycles. The van der Waals surface area contributed by atoms with Gasteiger partial charge in [0.15, 0.2) is 5.12 Å². The van der Waals surface area contributed by atoms with E-state index in [1.807, 2.05) is 5.38 Å². The molecule has 2 unspecified atom stereocenters. The van der Waals surface area contributed by atoms with E-state index >= 15 is 0 Å². The van der Waals surface area contributed by atoms with E-state index < -0.39 is 17.6 Å². The van der Waals surface area contributed by atoms with Crippen molar-refractivity contribution in [2.24, 2.45) is 4.99 Å². The normalized spacial score (nSPS) is 24.4. The first kappa shape index (κ1) is 23.9. The molecule has 0 saturated heterocycles. The highest BCUT2D eigenvalue weighted by molar-refractivity contribution is 8.13. The largest absolute Gasteiger partial charge is 0.456 e. The average Bonchev–Trinajstić information content (AvgIpc) is 3.36. The molecule has 172 valence electrons. The fraction of sp³-hybridized carbons (Fsp3) is 0.500. The lowest BCUT2D eigenvalue weighted by Crippen LogP contribution is -2.56. The number of aromatic nitrogens is 1. The first-order valence-electron chi connectivity index (χ1n) is 10.1. The Morgan fingerprint density at radius 2 is 2.16 bits per heavy atom. The van der Waals surface area contributed by atoms with Gasteiger partial charge in [-0.05, 0) is 19.4 Å². The SMILES string of the molecule is CC(=O)SCC/C=C/C1CC(=O)NCc2nc(cs2)C2=NCC(C)(N2)C(=O)NCC(=O)O1. The van der Waals surface area contributed by atoms with Crippen molar-refractivity contribution in [2.75, 3.05) is 18.8 Å². The Kier molecular flexibility index (Phi) is 8.02. The van der Waals surface area contributed by atoms with Crippen molar-refractivity contribution in [1.82, 2.24) is 20.9 Å². The van der Waals surface area contributed by atoms with Gasteiger partial charge in [0.05, 0.1) is 19.5 Å². The predicted molar refractivity (Wildman–Crippen MR) is 121 cm³/mol. The van der Waals surface area contributed by atoms with Crippen LogP contribution >= 0.6 is 23.1 Å². The van der Waals surface area contributed by atoms with E-state index in [2.05, 4.69) is 25.9 Å². The molecule has 1 aromatic rings. The van der Waals surface area contributed by atoms with Gasteiger partial charge in [0.25, 0.3) is 0 Å². The number of esters is 1. The summed E-state index contributed by atoms with van der Waals surface area (Å²) in [5.41, 5.74) is -0.398. The van der Waals surface area contributed by atoms with E-state index in [4.69, 9.17) is 4.74 Å². The number of hydrogen-bond donors (Lipinski definition) is 3. The van der Waals surface area contributed by atoms with E-state index in [1.165, 1.54) is 30.0 Å². The van der Waals surface area contributed by atoms with Crippen molar-refractivity contribution in [3.63, 3.8) is 0 Å². The first-order chi connectivity index (χ1) is 15.2. The first-order valence-corrected chi connectivity index (χ1v) is 11.9. The zero-order valence-corrected chi connectivity index (χ0v) is 19.4. The highest BCUT2D eigenvalue weighted by Crippen LogP contribution is 2.18.